The van der Waals surface area contributed by atoms with Gasteiger partial charge in [0.1, 0.15) is 0 Å². The number of nitrogens with one attached hydrogen (secondary N) is 1. The molecule has 0 bridgehead atoms. The van der Waals surface area contributed by atoms with Crippen molar-refractivity contribution in [1.29, 1.82) is 0 Å². The average molecular weight is 233 g/mol. The number of benzene rings is 1. The molecule has 0 aliphatic carbocycles. The van der Waals surface area contributed by atoms with Gasteiger partial charge in [-0.3, -0.25) is 4.79 Å². The van der Waals surface area contributed by atoms with Gasteiger partial charge in [0.05, 0.1) is 0 Å². The summed E-state index contributed by atoms with van der Waals surface area (Å²) in [7, 11) is 0. The van der Waals surface area contributed by atoms with Crippen molar-refractivity contribution in [2.45, 2.75) is 46.6 Å². The van der Waals surface area contributed by atoms with Crippen molar-refractivity contribution in [2.75, 3.05) is 0 Å². The Balaban J connectivity index is 2.71. The first-order valence-electron chi connectivity index (χ1n) is 6.19. The second-order valence-corrected chi connectivity index (χ2v) is 6.00. The molecular formula is C15H23NO. The first-order chi connectivity index (χ1) is 7.78. The summed E-state index contributed by atoms with van der Waals surface area (Å²) in [5, 5.41) is 2.96. The summed E-state index contributed by atoms with van der Waals surface area (Å²) < 4.78 is 0. The highest BCUT2D eigenvalue weighted by Crippen LogP contribution is 2.10. The van der Waals surface area contributed by atoms with E-state index in [2.05, 4.69) is 19.2 Å². The molecule has 0 aliphatic heterocycles. The van der Waals surface area contributed by atoms with Gasteiger partial charge in [0.25, 0.3) is 5.91 Å². The van der Waals surface area contributed by atoms with Crippen molar-refractivity contribution in [3.63, 3.8) is 0 Å². The number of hydrogen-bond acceptors (Lipinski definition) is 1. The van der Waals surface area contributed by atoms with Crippen molar-refractivity contribution in [2.24, 2.45) is 5.92 Å². The lowest BCUT2D eigenvalue weighted by Crippen LogP contribution is -2.40. The lowest BCUT2D eigenvalue weighted by atomic mass is 10.0. The minimum absolute atomic E-state index is 0.00593. The lowest BCUT2D eigenvalue weighted by molar-refractivity contribution is 0.0919. The molecule has 0 aliphatic rings. The fourth-order valence-electron chi connectivity index (χ4n) is 1.68. The Morgan fingerprint density at radius 2 is 1.71 bits per heavy atom. The summed E-state index contributed by atoms with van der Waals surface area (Å²) in [5.74, 6) is 0.637. The van der Waals surface area contributed by atoms with Gasteiger partial charge < -0.3 is 5.32 Å². The predicted molar refractivity (Wildman–Crippen MR) is 72.2 cm³/mol. The SMILES string of the molecule is CC(C)Cc1ccc(C(=O)NC(C)(C)C)cc1. The molecule has 0 unspecified atom stereocenters. The van der Waals surface area contributed by atoms with E-state index in [1.54, 1.807) is 0 Å². The number of carbonyl (C=O) groups excluding carboxylic acids is 1. The first kappa shape index (κ1) is 13.8. The molecule has 2 heteroatoms. The first-order valence-corrected chi connectivity index (χ1v) is 6.19. The van der Waals surface area contributed by atoms with Gasteiger partial charge in [-0.2, -0.15) is 0 Å². The molecule has 1 N–H and O–H groups in total. The molecular weight excluding hydrogens is 210 g/mol. The third-order valence-corrected chi connectivity index (χ3v) is 2.35. The second-order valence-electron chi connectivity index (χ2n) is 6.00. The van der Waals surface area contributed by atoms with E-state index in [1.807, 2.05) is 45.0 Å². The van der Waals surface area contributed by atoms with Crippen LogP contribution in [-0.4, -0.2) is 11.4 Å². The molecule has 1 aromatic carbocycles. The zero-order chi connectivity index (χ0) is 13.1. The van der Waals surface area contributed by atoms with E-state index in [0.717, 1.165) is 12.0 Å². The zero-order valence-corrected chi connectivity index (χ0v) is 11.5. The maximum atomic E-state index is 11.9. The minimum atomic E-state index is -0.187. The standard InChI is InChI=1S/C15H23NO/c1-11(2)10-12-6-8-13(9-7-12)14(17)16-15(3,4)5/h6-9,11H,10H2,1-5H3,(H,16,17). The van der Waals surface area contributed by atoms with Crippen LogP contribution in [0.1, 0.15) is 50.5 Å². The molecule has 0 radical (unpaired) electrons. The number of rotatable bonds is 3. The topological polar surface area (TPSA) is 29.1 Å². The van der Waals surface area contributed by atoms with Crippen LogP contribution >= 0.6 is 0 Å². The quantitative estimate of drug-likeness (QED) is 0.851. The molecule has 0 atom stereocenters. The van der Waals surface area contributed by atoms with Gasteiger partial charge in [0.2, 0.25) is 0 Å². The Labute approximate surface area is 104 Å². The maximum Gasteiger partial charge on any atom is 0.251 e. The average Bonchev–Trinajstić information content (AvgIpc) is 2.15. The van der Waals surface area contributed by atoms with E-state index in [-0.39, 0.29) is 11.4 Å². The Hall–Kier alpha value is -1.31. The molecule has 17 heavy (non-hydrogen) atoms. The van der Waals surface area contributed by atoms with Gasteiger partial charge in [0, 0.05) is 11.1 Å². The van der Waals surface area contributed by atoms with Gasteiger partial charge in [-0.1, -0.05) is 26.0 Å². The molecule has 0 saturated carbocycles. The van der Waals surface area contributed by atoms with Crippen LogP contribution in [0.15, 0.2) is 24.3 Å². The summed E-state index contributed by atoms with van der Waals surface area (Å²) >= 11 is 0. The van der Waals surface area contributed by atoms with Crippen LogP contribution in [0.4, 0.5) is 0 Å². The smallest absolute Gasteiger partial charge is 0.251 e. The molecule has 1 aromatic rings. The fourth-order valence-corrected chi connectivity index (χ4v) is 1.68. The molecule has 2 nitrogen and oxygen atoms in total. The van der Waals surface area contributed by atoms with E-state index in [4.69, 9.17) is 0 Å². The van der Waals surface area contributed by atoms with Gasteiger partial charge in [-0.15, -0.1) is 0 Å². The van der Waals surface area contributed by atoms with Crippen molar-refractivity contribution in [3.05, 3.63) is 35.4 Å². The van der Waals surface area contributed by atoms with Crippen molar-refractivity contribution < 1.29 is 4.79 Å². The summed E-state index contributed by atoms with van der Waals surface area (Å²) in [6.45, 7) is 10.3. The Morgan fingerprint density at radius 3 is 2.12 bits per heavy atom. The largest absolute Gasteiger partial charge is 0.347 e. The van der Waals surface area contributed by atoms with Gasteiger partial charge in [0.15, 0.2) is 0 Å². The van der Waals surface area contributed by atoms with Crippen molar-refractivity contribution in [1.82, 2.24) is 5.32 Å². The Morgan fingerprint density at radius 1 is 1.18 bits per heavy atom. The van der Waals surface area contributed by atoms with E-state index >= 15 is 0 Å². The monoisotopic (exact) mass is 233 g/mol. The third-order valence-electron chi connectivity index (χ3n) is 2.35. The highest BCUT2D eigenvalue weighted by Gasteiger charge is 2.14. The van der Waals surface area contributed by atoms with Crippen molar-refractivity contribution in [3.8, 4) is 0 Å². The third kappa shape index (κ3) is 5.03. The van der Waals surface area contributed by atoms with Crippen molar-refractivity contribution >= 4 is 5.91 Å². The summed E-state index contributed by atoms with van der Waals surface area (Å²) in [6, 6.07) is 7.88. The van der Waals surface area contributed by atoms with E-state index in [9.17, 15) is 4.79 Å². The highest BCUT2D eigenvalue weighted by atomic mass is 16.1. The number of carbonyl (C=O) groups is 1. The fraction of sp³-hybridized carbons (Fsp3) is 0.533. The molecule has 0 heterocycles. The van der Waals surface area contributed by atoms with Crippen LogP contribution in [0.2, 0.25) is 0 Å². The van der Waals surface area contributed by atoms with Crippen LogP contribution in [0.3, 0.4) is 0 Å². The van der Waals surface area contributed by atoms with Gasteiger partial charge in [-0.05, 0) is 50.8 Å². The Kier molecular flexibility index (Phi) is 4.33. The zero-order valence-electron chi connectivity index (χ0n) is 11.5. The van der Waals surface area contributed by atoms with Crippen LogP contribution in [-0.2, 0) is 6.42 Å². The van der Waals surface area contributed by atoms with Gasteiger partial charge >= 0.3 is 0 Å². The highest BCUT2D eigenvalue weighted by molar-refractivity contribution is 5.94. The van der Waals surface area contributed by atoms with Crippen LogP contribution < -0.4 is 5.32 Å². The molecule has 0 fully saturated rings. The van der Waals surface area contributed by atoms with E-state index in [1.165, 1.54) is 5.56 Å². The normalized spacial score (nSPS) is 11.6. The molecule has 94 valence electrons. The van der Waals surface area contributed by atoms with Crippen LogP contribution in [0.5, 0.6) is 0 Å². The summed E-state index contributed by atoms with van der Waals surface area (Å²) in [5.41, 5.74) is 1.83. The predicted octanol–water partition coefficient (Wildman–Crippen LogP) is 3.41. The summed E-state index contributed by atoms with van der Waals surface area (Å²) in [4.78, 5) is 11.9. The molecule has 1 rings (SSSR count). The molecule has 0 aromatic heterocycles. The lowest BCUT2D eigenvalue weighted by Gasteiger charge is -2.20. The maximum absolute atomic E-state index is 11.9. The number of amides is 1. The molecule has 0 saturated heterocycles. The number of hydrogen-bond donors (Lipinski definition) is 1. The second kappa shape index (κ2) is 5.35. The van der Waals surface area contributed by atoms with Crippen LogP contribution in [0, 0.1) is 5.92 Å². The minimum Gasteiger partial charge on any atom is -0.347 e. The Bertz CT molecular complexity index is 371. The van der Waals surface area contributed by atoms with E-state index < -0.39 is 0 Å². The summed E-state index contributed by atoms with van der Waals surface area (Å²) in [6.07, 6.45) is 1.06. The van der Waals surface area contributed by atoms with Crippen LogP contribution in [0.25, 0.3) is 0 Å². The van der Waals surface area contributed by atoms with E-state index in [0.29, 0.717) is 5.92 Å². The molecule has 1 amide bonds. The molecule has 0 spiro atoms. The van der Waals surface area contributed by atoms with Gasteiger partial charge in [-0.25, -0.2) is 0 Å².